The van der Waals surface area contributed by atoms with Crippen LogP contribution in [0.5, 0.6) is 0 Å². The maximum atomic E-state index is 11.8. The Kier molecular flexibility index (Phi) is 9.10. The highest BCUT2D eigenvalue weighted by molar-refractivity contribution is 6.33. The average Bonchev–Trinajstić information content (AvgIpc) is 3.09. The monoisotopic (exact) mass is 489 g/mol. The summed E-state index contributed by atoms with van der Waals surface area (Å²) in [6.07, 6.45) is -1.14. The maximum Gasteiger partial charge on any atom is 0.511 e. The van der Waals surface area contributed by atoms with Gasteiger partial charge in [-0.25, -0.2) is 9.59 Å². The zero-order valence-corrected chi connectivity index (χ0v) is 20.9. The molecular formula is C24H28ClN3O6. The van der Waals surface area contributed by atoms with Crippen LogP contribution in [0.4, 0.5) is 4.79 Å². The van der Waals surface area contributed by atoms with Crippen LogP contribution in [-0.4, -0.2) is 42.4 Å². The second-order valence-electron chi connectivity index (χ2n) is 8.23. The highest BCUT2D eigenvalue weighted by Crippen LogP contribution is 2.34. The van der Waals surface area contributed by atoms with Crippen molar-refractivity contribution in [1.29, 1.82) is 5.26 Å². The van der Waals surface area contributed by atoms with E-state index >= 15 is 0 Å². The number of nitriles is 1. The quantitative estimate of drug-likeness (QED) is 0.224. The number of aromatic nitrogens is 2. The molecule has 0 aliphatic carbocycles. The molecule has 2 aromatic rings. The molecule has 0 saturated heterocycles. The summed E-state index contributed by atoms with van der Waals surface area (Å²) in [5.41, 5.74) is 2.75. The summed E-state index contributed by atoms with van der Waals surface area (Å²) in [6, 6.07) is 9.69. The number of halogens is 1. The predicted molar refractivity (Wildman–Crippen MR) is 126 cm³/mol. The van der Waals surface area contributed by atoms with E-state index in [9.17, 15) is 14.9 Å². The minimum absolute atomic E-state index is 0.0615. The van der Waals surface area contributed by atoms with E-state index in [1.807, 2.05) is 31.2 Å². The third kappa shape index (κ3) is 6.51. The number of ether oxygens (including phenoxy) is 4. The van der Waals surface area contributed by atoms with Gasteiger partial charge >= 0.3 is 12.1 Å². The van der Waals surface area contributed by atoms with Gasteiger partial charge in [0.1, 0.15) is 17.3 Å². The van der Waals surface area contributed by atoms with Crippen LogP contribution in [0.15, 0.2) is 24.3 Å². The lowest BCUT2D eigenvalue weighted by Crippen LogP contribution is -2.17. The zero-order chi connectivity index (χ0) is 25.5. The first kappa shape index (κ1) is 26.7. The van der Waals surface area contributed by atoms with Gasteiger partial charge in [-0.1, -0.05) is 56.6 Å². The van der Waals surface area contributed by atoms with Crippen LogP contribution in [-0.2, 0) is 35.7 Å². The predicted octanol–water partition coefficient (Wildman–Crippen LogP) is 4.85. The molecule has 0 unspecified atom stereocenters. The van der Waals surface area contributed by atoms with Crippen LogP contribution in [0.3, 0.4) is 0 Å². The van der Waals surface area contributed by atoms with Crippen molar-refractivity contribution in [3.05, 3.63) is 51.8 Å². The molecular weight excluding hydrogens is 462 g/mol. The Bertz CT molecular complexity index is 1110. The van der Waals surface area contributed by atoms with E-state index in [0.29, 0.717) is 28.5 Å². The first-order valence-corrected chi connectivity index (χ1v) is 10.9. The Labute approximate surface area is 203 Å². The molecule has 0 fully saturated rings. The molecule has 1 aromatic heterocycles. The number of rotatable bonds is 8. The summed E-state index contributed by atoms with van der Waals surface area (Å²) < 4.78 is 21.3. The summed E-state index contributed by atoms with van der Waals surface area (Å²) in [4.78, 5) is 22.9. The van der Waals surface area contributed by atoms with Gasteiger partial charge in [-0.05, 0) is 30.4 Å². The van der Waals surface area contributed by atoms with Crippen molar-refractivity contribution >= 4 is 35.1 Å². The second-order valence-corrected chi connectivity index (χ2v) is 8.61. The van der Waals surface area contributed by atoms with Crippen LogP contribution >= 0.6 is 11.6 Å². The number of allylic oxidation sites excluding steroid dienone is 1. The van der Waals surface area contributed by atoms with Gasteiger partial charge in [0.2, 0.25) is 6.79 Å². The SMILES string of the molecule is CCn1nc(C)c(Cl)c1/C(OCOC(=O)OCC(=O)OC)=C(\C#N)c1ccc(C(C)(C)C)cc1. The molecule has 0 N–H and O–H groups in total. The van der Waals surface area contributed by atoms with Crippen molar-refractivity contribution in [3.8, 4) is 6.07 Å². The van der Waals surface area contributed by atoms with E-state index in [-0.39, 0.29) is 16.7 Å². The van der Waals surface area contributed by atoms with Crippen LogP contribution in [0, 0.1) is 18.3 Å². The van der Waals surface area contributed by atoms with Crippen LogP contribution in [0.25, 0.3) is 11.3 Å². The van der Waals surface area contributed by atoms with Gasteiger partial charge in [0.05, 0.1) is 17.8 Å². The molecule has 9 nitrogen and oxygen atoms in total. The normalized spacial score (nSPS) is 11.8. The Morgan fingerprint density at radius 2 is 1.79 bits per heavy atom. The Hall–Kier alpha value is -3.51. The van der Waals surface area contributed by atoms with Gasteiger partial charge in [0.15, 0.2) is 12.4 Å². The Balaban J connectivity index is 2.44. The van der Waals surface area contributed by atoms with E-state index in [1.54, 1.807) is 11.6 Å². The molecule has 0 radical (unpaired) electrons. The number of nitrogens with zero attached hydrogens (tertiary/aromatic N) is 3. The molecule has 1 aromatic carbocycles. The molecule has 2 rings (SSSR count). The van der Waals surface area contributed by atoms with Gasteiger partial charge in [-0.3, -0.25) is 4.68 Å². The van der Waals surface area contributed by atoms with E-state index in [0.717, 1.165) is 12.7 Å². The topological polar surface area (TPSA) is 113 Å². The van der Waals surface area contributed by atoms with Crippen molar-refractivity contribution in [1.82, 2.24) is 9.78 Å². The molecule has 182 valence electrons. The van der Waals surface area contributed by atoms with Crippen molar-refractivity contribution in [2.24, 2.45) is 0 Å². The second kappa shape index (κ2) is 11.6. The van der Waals surface area contributed by atoms with Gasteiger partial charge < -0.3 is 18.9 Å². The fraction of sp³-hybridized carbons (Fsp3) is 0.417. The van der Waals surface area contributed by atoms with Gasteiger partial charge in [0, 0.05) is 6.54 Å². The van der Waals surface area contributed by atoms with Crippen molar-refractivity contribution in [2.45, 2.75) is 46.6 Å². The molecule has 0 amide bonds. The minimum Gasteiger partial charge on any atom is -0.466 e. The largest absolute Gasteiger partial charge is 0.511 e. The van der Waals surface area contributed by atoms with Crippen LogP contribution < -0.4 is 0 Å². The molecule has 0 saturated carbocycles. The fourth-order valence-electron chi connectivity index (χ4n) is 3.00. The summed E-state index contributed by atoms with van der Waals surface area (Å²) >= 11 is 6.51. The number of aryl methyl sites for hydroxylation is 2. The smallest absolute Gasteiger partial charge is 0.466 e. The van der Waals surface area contributed by atoms with Gasteiger partial charge in [0.25, 0.3) is 0 Å². The molecule has 1 heterocycles. The van der Waals surface area contributed by atoms with Crippen LogP contribution in [0.2, 0.25) is 5.02 Å². The van der Waals surface area contributed by atoms with Crippen molar-refractivity contribution in [3.63, 3.8) is 0 Å². The summed E-state index contributed by atoms with van der Waals surface area (Å²) in [6.45, 7) is 9.15. The van der Waals surface area contributed by atoms with E-state index in [4.69, 9.17) is 21.1 Å². The number of benzene rings is 1. The molecule has 0 bridgehead atoms. The molecule has 0 aliphatic heterocycles. The standard InChI is InChI=1S/C24H28ClN3O6/c1-7-28-21(20(25)15(2)27-28)22(33-14-34-23(30)32-13-19(29)31-6)18(12-26)16-8-10-17(11-9-16)24(3,4)5/h8-11H,7,13-14H2,1-6H3/b22-18-. The minimum atomic E-state index is -1.14. The van der Waals surface area contributed by atoms with Crippen LogP contribution in [0.1, 0.15) is 50.2 Å². The molecule has 34 heavy (non-hydrogen) atoms. The van der Waals surface area contributed by atoms with E-state index in [1.165, 1.54) is 0 Å². The number of carbonyl (C=O) groups is 2. The Morgan fingerprint density at radius 3 is 2.32 bits per heavy atom. The van der Waals surface area contributed by atoms with Crippen molar-refractivity contribution < 1.29 is 28.5 Å². The fourth-order valence-corrected chi connectivity index (χ4v) is 3.22. The summed E-state index contributed by atoms with van der Waals surface area (Å²) in [5.74, 6) is -0.641. The lowest BCUT2D eigenvalue weighted by Gasteiger charge is -2.19. The Morgan fingerprint density at radius 1 is 1.15 bits per heavy atom. The first-order valence-electron chi connectivity index (χ1n) is 10.5. The number of hydrogen-bond acceptors (Lipinski definition) is 8. The van der Waals surface area contributed by atoms with Crippen molar-refractivity contribution in [2.75, 3.05) is 20.5 Å². The molecule has 0 atom stereocenters. The molecule has 10 heteroatoms. The third-order valence-corrected chi connectivity index (χ3v) is 5.32. The average molecular weight is 490 g/mol. The first-order chi connectivity index (χ1) is 16.0. The van der Waals surface area contributed by atoms with E-state index in [2.05, 4.69) is 41.4 Å². The molecule has 0 spiro atoms. The number of carbonyl (C=O) groups excluding carboxylic acids is 2. The van der Waals surface area contributed by atoms with Gasteiger partial charge in [-0.15, -0.1) is 0 Å². The number of hydrogen-bond donors (Lipinski definition) is 0. The number of methoxy groups -OCH3 is 1. The molecule has 0 aliphatic rings. The lowest BCUT2D eigenvalue weighted by molar-refractivity contribution is -0.145. The lowest BCUT2D eigenvalue weighted by atomic mass is 9.86. The zero-order valence-electron chi connectivity index (χ0n) is 20.1. The number of esters is 1. The maximum absolute atomic E-state index is 11.8. The summed E-state index contributed by atoms with van der Waals surface area (Å²) in [7, 11) is 1.16. The highest BCUT2D eigenvalue weighted by atomic mass is 35.5. The summed E-state index contributed by atoms with van der Waals surface area (Å²) in [5, 5.41) is 14.7. The van der Waals surface area contributed by atoms with Gasteiger partial charge in [-0.2, -0.15) is 10.4 Å². The van der Waals surface area contributed by atoms with E-state index < -0.39 is 25.5 Å². The highest BCUT2D eigenvalue weighted by Gasteiger charge is 2.24. The third-order valence-electron chi connectivity index (χ3n) is 4.86.